The zero-order chi connectivity index (χ0) is 12.4. The number of nitrogens with two attached hydrogens (primary N) is 1. The fourth-order valence-corrected chi connectivity index (χ4v) is 2.81. The van der Waals surface area contributed by atoms with Crippen LogP contribution in [0.4, 0.5) is 0 Å². The molecule has 0 heterocycles. The van der Waals surface area contributed by atoms with Gasteiger partial charge in [-0.1, -0.05) is 29.7 Å². The van der Waals surface area contributed by atoms with Crippen LogP contribution in [0, 0.1) is 0 Å². The average molecular weight is 239 g/mol. The van der Waals surface area contributed by atoms with Crippen molar-refractivity contribution in [3.05, 3.63) is 29.8 Å². The SMILES string of the molecule is [B]c1ccc(C(C)(N)P(=O)(OC)OC)cc1. The molecule has 1 rings (SSSR count). The highest BCUT2D eigenvalue weighted by Crippen LogP contribution is 2.60. The number of benzene rings is 1. The minimum absolute atomic E-state index is 0.615. The van der Waals surface area contributed by atoms with Gasteiger partial charge in [0.15, 0.2) is 0 Å². The van der Waals surface area contributed by atoms with E-state index >= 15 is 0 Å². The van der Waals surface area contributed by atoms with Crippen molar-refractivity contribution in [3.63, 3.8) is 0 Å². The Hall–Kier alpha value is -0.605. The van der Waals surface area contributed by atoms with E-state index in [9.17, 15) is 4.57 Å². The molecule has 0 amide bonds. The molecule has 2 radical (unpaired) electrons. The molecule has 1 aromatic rings. The van der Waals surface area contributed by atoms with Crippen LogP contribution in [0.3, 0.4) is 0 Å². The molecule has 0 saturated heterocycles. The highest BCUT2D eigenvalue weighted by Gasteiger charge is 2.44. The van der Waals surface area contributed by atoms with Crippen molar-refractivity contribution in [1.29, 1.82) is 0 Å². The normalized spacial score (nSPS) is 15.8. The van der Waals surface area contributed by atoms with Crippen LogP contribution >= 0.6 is 7.60 Å². The van der Waals surface area contributed by atoms with Crippen molar-refractivity contribution in [2.75, 3.05) is 14.2 Å². The molecule has 0 saturated carbocycles. The Balaban J connectivity index is 3.19. The monoisotopic (exact) mass is 239 g/mol. The maximum Gasteiger partial charge on any atom is 0.354 e. The smallest absolute Gasteiger partial charge is 0.312 e. The molecular weight excluding hydrogens is 224 g/mol. The van der Waals surface area contributed by atoms with Gasteiger partial charge in [-0.05, 0) is 12.5 Å². The summed E-state index contributed by atoms with van der Waals surface area (Å²) in [6.45, 7) is 1.60. The van der Waals surface area contributed by atoms with E-state index in [1.54, 1.807) is 31.2 Å². The molecule has 0 bridgehead atoms. The zero-order valence-corrected chi connectivity index (χ0v) is 10.5. The summed E-state index contributed by atoms with van der Waals surface area (Å²) in [4.78, 5) is 0. The van der Waals surface area contributed by atoms with Gasteiger partial charge in [-0.3, -0.25) is 4.57 Å². The third kappa shape index (κ3) is 2.23. The first-order valence-electron chi connectivity index (χ1n) is 4.74. The second-order valence-corrected chi connectivity index (χ2v) is 6.29. The van der Waals surface area contributed by atoms with Crippen molar-refractivity contribution >= 4 is 20.9 Å². The van der Waals surface area contributed by atoms with Crippen LogP contribution in [-0.2, 0) is 18.9 Å². The van der Waals surface area contributed by atoms with Crippen molar-refractivity contribution < 1.29 is 13.6 Å². The molecule has 1 aromatic carbocycles. The van der Waals surface area contributed by atoms with Crippen molar-refractivity contribution in [3.8, 4) is 0 Å². The molecular formula is C10H15BNO3P. The maximum atomic E-state index is 12.3. The van der Waals surface area contributed by atoms with Gasteiger partial charge in [-0.15, -0.1) is 0 Å². The fourth-order valence-electron chi connectivity index (χ4n) is 1.43. The molecule has 0 aliphatic rings. The molecule has 1 atom stereocenters. The number of hydrogen-bond acceptors (Lipinski definition) is 4. The molecule has 0 aromatic heterocycles. The lowest BCUT2D eigenvalue weighted by molar-refractivity contribution is 0.249. The van der Waals surface area contributed by atoms with Gasteiger partial charge in [-0.2, -0.15) is 0 Å². The van der Waals surface area contributed by atoms with E-state index < -0.39 is 12.9 Å². The van der Waals surface area contributed by atoms with Crippen LogP contribution < -0.4 is 11.2 Å². The number of rotatable bonds is 4. The molecule has 2 N–H and O–H groups in total. The van der Waals surface area contributed by atoms with Crippen LogP contribution in [0.5, 0.6) is 0 Å². The molecule has 16 heavy (non-hydrogen) atoms. The minimum atomic E-state index is -3.38. The molecule has 0 spiro atoms. The van der Waals surface area contributed by atoms with Gasteiger partial charge in [0.1, 0.15) is 13.1 Å². The first-order valence-corrected chi connectivity index (χ1v) is 6.28. The molecule has 4 nitrogen and oxygen atoms in total. The van der Waals surface area contributed by atoms with Crippen LogP contribution in [0.1, 0.15) is 12.5 Å². The Labute approximate surface area is 97.1 Å². The Morgan fingerprint density at radius 2 is 1.69 bits per heavy atom. The van der Waals surface area contributed by atoms with Gasteiger partial charge in [-0.25, -0.2) is 0 Å². The lowest BCUT2D eigenvalue weighted by Gasteiger charge is -2.31. The standard InChI is InChI=1S/C10H15BNO3P/c1-10(12,16(13,14-2)15-3)8-4-6-9(11)7-5-8/h4-7H,12H2,1-3H3. The molecule has 6 heteroatoms. The zero-order valence-electron chi connectivity index (χ0n) is 9.64. The van der Waals surface area contributed by atoms with E-state index in [0.29, 0.717) is 11.0 Å². The Morgan fingerprint density at radius 3 is 2.06 bits per heavy atom. The third-order valence-corrected chi connectivity index (χ3v) is 4.90. The predicted octanol–water partition coefficient (Wildman–Crippen LogP) is 1.10. The van der Waals surface area contributed by atoms with E-state index in [0.717, 1.165) is 0 Å². The summed E-state index contributed by atoms with van der Waals surface area (Å²) in [6, 6.07) is 6.80. The Kier molecular flexibility index (Phi) is 3.97. The summed E-state index contributed by atoms with van der Waals surface area (Å²) in [6.07, 6.45) is 0. The summed E-state index contributed by atoms with van der Waals surface area (Å²) in [7, 11) is 4.81. The highest BCUT2D eigenvalue weighted by atomic mass is 31.2. The summed E-state index contributed by atoms with van der Waals surface area (Å²) in [5.41, 5.74) is 7.30. The molecule has 0 fully saturated rings. The van der Waals surface area contributed by atoms with Gasteiger partial charge in [0.25, 0.3) is 0 Å². The fraction of sp³-hybridized carbons (Fsp3) is 0.400. The first kappa shape index (κ1) is 13.5. The van der Waals surface area contributed by atoms with Crippen molar-refractivity contribution in [2.24, 2.45) is 5.73 Å². The van der Waals surface area contributed by atoms with E-state index in [1.807, 2.05) is 0 Å². The second kappa shape index (κ2) is 4.72. The Bertz CT molecular complexity index is 397. The summed E-state index contributed by atoms with van der Waals surface area (Å²) < 4.78 is 22.1. The van der Waals surface area contributed by atoms with Gasteiger partial charge in [0.05, 0.1) is 0 Å². The van der Waals surface area contributed by atoms with E-state index in [-0.39, 0.29) is 0 Å². The van der Waals surface area contributed by atoms with E-state index in [2.05, 4.69) is 0 Å². The van der Waals surface area contributed by atoms with Gasteiger partial charge < -0.3 is 14.8 Å². The average Bonchev–Trinajstić information content (AvgIpc) is 2.28. The van der Waals surface area contributed by atoms with Crippen LogP contribution in [-0.4, -0.2) is 22.1 Å². The summed E-state index contributed by atoms with van der Waals surface area (Å²) in [5, 5.41) is -1.20. The third-order valence-electron chi connectivity index (χ3n) is 2.54. The molecule has 0 aliphatic heterocycles. The van der Waals surface area contributed by atoms with Gasteiger partial charge in [0, 0.05) is 14.2 Å². The predicted molar refractivity (Wildman–Crippen MR) is 65.0 cm³/mol. The van der Waals surface area contributed by atoms with Crippen LogP contribution in [0.25, 0.3) is 0 Å². The van der Waals surface area contributed by atoms with Crippen LogP contribution in [0.15, 0.2) is 24.3 Å². The lowest BCUT2D eigenvalue weighted by Crippen LogP contribution is -2.34. The second-order valence-electron chi connectivity index (χ2n) is 3.63. The quantitative estimate of drug-likeness (QED) is 0.631. The summed E-state index contributed by atoms with van der Waals surface area (Å²) in [5.74, 6) is 0. The van der Waals surface area contributed by atoms with Crippen LogP contribution in [0.2, 0.25) is 0 Å². The summed E-state index contributed by atoms with van der Waals surface area (Å²) >= 11 is 0. The van der Waals surface area contributed by atoms with E-state index in [4.69, 9.17) is 22.6 Å². The molecule has 86 valence electrons. The molecule has 1 unspecified atom stereocenters. The largest absolute Gasteiger partial charge is 0.354 e. The van der Waals surface area contributed by atoms with Gasteiger partial charge >= 0.3 is 7.60 Å². The topological polar surface area (TPSA) is 61.6 Å². The highest BCUT2D eigenvalue weighted by molar-refractivity contribution is 7.55. The number of hydrogen-bond donors (Lipinski definition) is 1. The van der Waals surface area contributed by atoms with Crippen molar-refractivity contribution in [1.82, 2.24) is 0 Å². The minimum Gasteiger partial charge on any atom is -0.312 e. The van der Waals surface area contributed by atoms with Gasteiger partial charge in [0.2, 0.25) is 0 Å². The van der Waals surface area contributed by atoms with Crippen molar-refractivity contribution in [2.45, 2.75) is 12.2 Å². The lowest BCUT2D eigenvalue weighted by atomic mass is 9.94. The maximum absolute atomic E-state index is 12.3. The Morgan fingerprint density at radius 1 is 1.25 bits per heavy atom. The first-order chi connectivity index (χ1) is 7.37. The van der Waals surface area contributed by atoms with E-state index in [1.165, 1.54) is 14.2 Å². The molecule has 0 aliphatic carbocycles.